The highest BCUT2D eigenvalue weighted by molar-refractivity contribution is 5.46. The number of ether oxygens (including phenoxy) is 2. The van der Waals surface area contributed by atoms with Gasteiger partial charge in [-0.05, 0) is 18.2 Å². The standard InChI is InChI=1S/C18H17NO2/c19-11-5-7-14-6-1-3-9-17(14)20-12-15-13-21-18-10-4-2-8-16(15)18/h1-4,6,8-10,15H,11-13,19H2. The molecule has 1 heterocycles. The van der Waals surface area contributed by atoms with E-state index in [4.69, 9.17) is 15.2 Å². The van der Waals surface area contributed by atoms with Crippen LogP contribution in [-0.4, -0.2) is 19.8 Å². The lowest BCUT2D eigenvalue weighted by atomic mass is 10.0. The molecule has 1 atom stereocenters. The third-order valence-electron chi connectivity index (χ3n) is 3.45. The van der Waals surface area contributed by atoms with Gasteiger partial charge < -0.3 is 15.2 Å². The van der Waals surface area contributed by atoms with Gasteiger partial charge in [0.15, 0.2) is 0 Å². The Morgan fingerprint density at radius 3 is 2.86 bits per heavy atom. The number of nitrogens with two attached hydrogens (primary N) is 1. The predicted octanol–water partition coefficient (Wildman–Crippen LogP) is 2.55. The summed E-state index contributed by atoms with van der Waals surface area (Å²) in [4.78, 5) is 0. The molecule has 3 rings (SSSR count). The summed E-state index contributed by atoms with van der Waals surface area (Å²) in [6, 6.07) is 15.9. The molecular formula is C18H17NO2. The van der Waals surface area contributed by atoms with Gasteiger partial charge in [0.1, 0.15) is 11.5 Å². The van der Waals surface area contributed by atoms with Crippen molar-refractivity contribution in [1.82, 2.24) is 0 Å². The van der Waals surface area contributed by atoms with Gasteiger partial charge in [-0.2, -0.15) is 0 Å². The maximum absolute atomic E-state index is 5.95. The number of para-hydroxylation sites is 2. The van der Waals surface area contributed by atoms with Gasteiger partial charge in [-0.1, -0.05) is 42.2 Å². The molecule has 0 aliphatic carbocycles. The summed E-state index contributed by atoms with van der Waals surface area (Å²) in [5.74, 6) is 7.91. The second kappa shape index (κ2) is 6.34. The van der Waals surface area contributed by atoms with Crippen molar-refractivity contribution in [3.05, 3.63) is 59.7 Å². The van der Waals surface area contributed by atoms with Gasteiger partial charge in [0.25, 0.3) is 0 Å². The van der Waals surface area contributed by atoms with Crippen molar-refractivity contribution in [1.29, 1.82) is 0 Å². The third-order valence-corrected chi connectivity index (χ3v) is 3.45. The summed E-state index contributed by atoms with van der Waals surface area (Å²) in [6.45, 7) is 1.59. The number of benzene rings is 2. The summed E-state index contributed by atoms with van der Waals surface area (Å²) in [7, 11) is 0. The van der Waals surface area contributed by atoms with Gasteiger partial charge in [0, 0.05) is 5.56 Å². The first-order chi connectivity index (χ1) is 10.4. The molecule has 2 N–H and O–H groups in total. The molecule has 3 nitrogen and oxygen atoms in total. The highest BCUT2D eigenvalue weighted by Crippen LogP contribution is 2.34. The fourth-order valence-electron chi connectivity index (χ4n) is 2.40. The van der Waals surface area contributed by atoms with E-state index >= 15 is 0 Å². The molecule has 0 spiro atoms. The van der Waals surface area contributed by atoms with Crippen molar-refractivity contribution in [2.45, 2.75) is 5.92 Å². The molecule has 106 valence electrons. The van der Waals surface area contributed by atoms with Crippen molar-refractivity contribution in [2.24, 2.45) is 5.73 Å². The van der Waals surface area contributed by atoms with Gasteiger partial charge in [0.2, 0.25) is 0 Å². The Morgan fingerprint density at radius 1 is 1.14 bits per heavy atom. The van der Waals surface area contributed by atoms with E-state index in [1.54, 1.807) is 0 Å². The van der Waals surface area contributed by atoms with Crippen LogP contribution in [0.2, 0.25) is 0 Å². The molecule has 2 aromatic carbocycles. The Balaban J connectivity index is 1.72. The predicted molar refractivity (Wildman–Crippen MR) is 82.5 cm³/mol. The number of hydrogen-bond acceptors (Lipinski definition) is 3. The molecular weight excluding hydrogens is 262 g/mol. The molecule has 0 saturated heterocycles. The zero-order chi connectivity index (χ0) is 14.5. The minimum atomic E-state index is 0.261. The topological polar surface area (TPSA) is 44.5 Å². The normalized spacial score (nSPS) is 15.6. The average Bonchev–Trinajstić information content (AvgIpc) is 2.95. The van der Waals surface area contributed by atoms with E-state index in [2.05, 4.69) is 17.9 Å². The molecule has 0 bridgehead atoms. The molecule has 0 saturated carbocycles. The van der Waals surface area contributed by atoms with E-state index < -0.39 is 0 Å². The van der Waals surface area contributed by atoms with Crippen LogP contribution in [0.4, 0.5) is 0 Å². The van der Waals surface area contributed by atoms with Gasteiger partial charge in [0.05, 0.1) is 31.2 Å². The van der Waals surface area contributed by atoms with Crippen LogP contribution < -0.4 is 15.2 Å². The Hall–Kier alpha value is -2.44. The molecule has 3 heteroatoms. The molecule has 21 heavy (non-hydrogen) atoms. The third kappa shape index (κ3) is 3.01. The van der Waals surface area contributed by atoms with Crippen LogP contribution in [0.1, 0.15) is 17.0 Å². The fourth-order valence-corrected chi connectivity index (χ4v) is 2.40. The first-order valence-electron chi connectivity index (χ1n) is 7.01. The van der Waals surface area contributed by atoms with E-state index in [1.165, 1.54) is 5.56 Å². The first-order valence-corrected chi connectivity index (χ1v) is 7.01. The van der Waals surface area contributed by atoms with Crippen LogP contribution in [0.3, 0.4) is 0 Å². The zero-order valence-corrected chi connectivity index (χ0v) is 11.7. The lowest BCUT2D eigenvalue weighted by Crippen LogP contribution is -2.12. The van der Waals surface area contributed by atoms with E-state index in [-0.39, 0.29) is 5.92 Å². The summed E-state index contributed by atoms with van der Waals surface area (Å²) in [6.07, 6.45) is 0. The number of rotatable bonds is 3. The SMILES string of the molecule is NCC#Cc1ccccc1OCC1COc2ccccc21. The zero-order valence-electron chi connectivity index (χ0n) is 11.7. The van der Waals surface area contributed by atoms with Crippen molar-refractivity contribution in [2.75, 3.05) is 19.8 Å². The molecule has 0 aromatic heterocycles. The van der Waals surface area contributed by atoms with Crippen molar-refractivity contribution < 1.29 is 9.47 Å². The summed E-state index contributed by atoms with van der Waals surface area (Å²) in [5, 5.41) is 0. The molecule has 1 unspecified atom stereocenters. The van der Waals surface area contributed by atoms with Crippen LogP contribution in [0.25, 0.3) is 0 Å². The van der Waals surface area contributed by atoms with Crippen LogP contribution in [0.5, 0.6) is 11.5 Å². The Kier molecular flexibility index (Phi) is 4.09. The summed E-state index contributed by atoms with van der Waals surface area (Å²) < 4.78 is 11.6. The van der Waals surface area contributed by atoms with E-state index in [0.717, 1.165) is 17.1 Å². The van der Waals surface area contributed by atoms with Crippen molar-refractivity contribution in [3.63, 3.8) is 0 Å². The Morgan fingerprint density at radius 2 is 1.95 bits per heavy atom. The summed E-state index contributed by atoms with van der Waals surface area (Å²) in [5.41, 5.74) is 7.50. The molecule has 0 radical (unpaired) electrons. The molecule has 2 aromatic rings. The maximum Gasteiger partial charge on any atom is 0.134 e. The first kappa shape index (κ1) is 13.5. The Bertz CT molecular complexity index is 685. The molecule has 1 aliphatic rings. The molecule has 0 fully saturated rings. The van der Waals surface area contributed by atoms with Crippen LogP contribution in [0, 0.1) is 11.8 Å². The maximum atomic E-state index is 5.95. The largest absolute Gasteiger partial charge is 0.493 e. The van der Waals surface area contributed by atoms with Gasteiger partial charge in [-0.25, -0.2) is 0 Å². The second-order valence-corrected chi connectivity index (χ2v) is 4.86. The number of fused-ring (bicyclic) bond motifs is 1. The quantitative estimate of drug-likeness (QED) is 0.878. The average molecular weight is 279 g/mol. The lowest BCUT2D eigenvalue weighted by molar-refractivity contribution is 0.248. The highest BCUT2D eigenvalue weighted by atomic mass is 16.5. The van der Waals surface area contributed by atoms with Crippen molar-refractivity contribution >= 4 is 0 Å². The number of hydrogen-bond donors (Lipinski definition) is 1. The van der Waals surface area contributed by atoms with E-state index in [0.29, 0.717) is 19.8 Å². The van der Waals surface area contributed by atoms with Crippen LogP contribution in [0.15, 0.2) is 48.5 Å². The van der Waals surface area contributed by atoms with Gasteiger partial charge in [-0.15, -0.1) is 0 Å². The highest BCUT2D eigenvalue weighted by Gasteiger charge is 2.24. The van der Waals surface area contributed by atoms with Crippen LogP contribution >= 0.6 is 0 Å². The molecule has 1 aliphatic heterocycles. The smallest absolute Gasteiger partial charge is 0.134 e. The van der Waals surface area contributed by atoms with Crippen molar-refractivity contribution in [3.8, 4) is 23.3 Å². The lowest BCUT2D eigenvalue weighted by Gasteiger charge is -2.12. The second-order valence-electron chi connectivity index (χ2n) is 4.86. The van der Waals surface area contributed by atoms with E-state index in [1.807, 2.05) is 42.5 Å². The minimum absolute atomic E-state index is 0.261. The Labute approximate surface area is 124 Å². The summed E-state index contributed by atoms with van der Waals surface area (Å²) >= 11 is 0. The van der Waals surface area contributed by atoms with Gasteiger partial charge in [-0.3, -0.25) is 0 Å². The molecule has 0 amide bonds. The van der Waals surface area contributed by atoms with Crippen LogP contribution in [-0.2, 0) is 0 Å². The fraction of sp³-hybridized carbons (Fsp3) is 0.222. The van der Waals surface area contributed by atoms with Gasteiger partial charge >= 0.3 is 0 Å². The monoisotopic (exact) mass is 279 g/mol. The van der Waals surface area contributed by atoms with E-state index in [9.17, 15) is 0 Å². The minimum Gasteiger partial charge on any atom is -0.493 e.